The number of aromatic nitrogens is 3. The van der Waals surface area contributed by atoms with Gasteiger partial charge in [-0.25, -0.2) is 0 Å². The topological polar surface area (TPSA) is 73.7 Å². The maximum absolute atomic E-state index is 5.63. The third kappa shape index (κ3) is 5.53. The molecule has 0 radical (unpaired) electrons. The molecule has 9 heteroatoms. The fourth-order valence-corrected chi connectivity index (χ4v) is 4.51. The summed E-state index contributed by atoms with van der Waals surface area (Å²) in [6.45, 7) is 5.10. The highest BCUT2D eigenvalue weighted by Crippen LogP contribution is 2.29. The number of anilines is 1. The maximum atomic E-state index is 5.63. The van der Waals surface area contributed by atoms with E-state index in [0.29, 0.717) is 6.54 Å². The van der Waals surface area contributed by atoms with Crippen molar-refractivity contribution in [3.8, 4) is 17.2 Å². The van der Waals surface area contributed by atoms with Crippen molar-refractivity contribution in [2.24, 2.45) is 0 Å². The molecule has 32 heavy (non-hydrogen) atoms. The van der Waals surface area contributed by atoms with E-state index in [4.69, 9.17) is 14.2 Å². The van der Waals surface area contributed by atoms with Crippen molar-refractivity contribution in [2.75, 3.05) is 58.1 Å². The van der Waals surface area contributed by atoms with E-state index < -0.39 is 0 Å². The molecule has 8 nitrogen and oxygen atoms in total. The number of hydrogen-bond acceptors (Lipinski definition) is 8. The summed E-state index contributed by atoms with van der Waals surface area (Å²) in [5, 5.41) is 13.3. The van der Waals surface area contributed by atoms with Gasteiger partial charge in [0.05, 0.1) is 39.7 Å². The molecule has 0 spiro atoms. The summed E-state index contributed by atoms with van der Waals surface area (Å²) in [5.41, 5.74) is 1.92. The van der Waals surface area contributed by atoms with Crippen LogP contribution >= 0.6 is 11.8 Å². The second-order valence-electron chi connectivity index (χ2n) is 7.29. The molecule has 0 atom stereocenters. The third-order valence-electron chi connectivity index (χ3n) is 5.31. The number of thioether (sulfide) groups is 1. The van der Waals surface area contributed by atoms with Gasteiger partial charge in [-0.1, -0.05) is 23.9 Å². The van der Waals surface area contributed by atoms with E-state index in [1.165, 1.54) is 0 Å². The highest BCUT2D eigenvalue weighted by molar-refractivity contribution is 7.99. The van der Waals surface area contributed by atoms with Crippen LogP contribution in [0.5, 0.6) is 11.5 Å². The van der Waals surface area contributed by atoms with Gasteiger partial charge in [0.25, 0.3) is 0 Å². The number of ether oxygens (including phenoxy) is 3. The lowest BCUT2D eigenvalue weighted by atomic mass is 10.3. The van der Waals surface area contributed by atoms with E-state index in [2.05, 4.69) is 25.0 Å². The standard InChI is InChI=1S/C23H29N5O3S/c1-29-19-9-7-18(8-10-19)24-17-22-25-26-23(32-16-13-27-11-14-31-15-12-27)28(22)20-5-3-4-6-21(20)30-2/h3-10,24H,11-17H2,1-2H3. The van der Waals surface area contributed by atoms with Crippen molar-refractivity contribution in [3.05, 3.63) is 54.4 Å². The fourth-order valence-electron chi connectivity index (χ4n) is 3.55. The monoisotopic (exact) mass is 455 g/mol. The summed E-state index contributed by atoms with van der Waals surface area (Å²) >= 11 is 1.71. The normalized spacial score (nSPS) is 14.3. The summed E-state index contributed by atoms with van der Waals surface area (Å²) in [6, 6.07) is 15.8. The largest absolute Gasteiger partial charge is 0.497 e. The van der Waals surface area contributed by atoms with Crippen molar-refractivity contribution in [1.82, 2.24) is 19.7 Å². The van der Waals surface area contributed by atoms with Crippen LogP contribution in [-0.2, 0) is 11.3 Å². The summed E-state index contributed by atoms with van der Waals surface area (Å²) in [4.78, 5) is 2.42. The van der Waals surface area contributed by atoms with E-state index in [9.17, 15) is 0 Å². The number of para-hydroxylation sites is 2. The zero-order valence-electron chi connectivity index (χ0n) is 18.5. The highest BCUT2D eigenvalue weighted by atomic mass is 32.2. The molecule has 4 rings (SSSR count). The molecule has 2 heterocycles. The quantitative estimate of drug-likeness (QED) is 0.467. The van der Waals surface area contributed by atoms with Crippen LogP contribution in [0.2, 0.25) is 0 Å². The Labute approximate surface area is 192 Å². The second-order valence-corrected chi connectivity index (χ2v) is 8.35. The van der Waals surface area contributed by atoms with Crippen molar-refractivity contribution >= 4 is 17.4 Å². The van der Waals surface area contributed by atoms with Gasteiger partial charge in [0, 0.05) is 31.1 Å². The molecule has 0 aliphatic carbocycles. The zero-order valence-corrected chi connectivity index (χ0v) is 19.3. The average Bonchev–Trinajstić information content (AvgIpc) is 3.26. The first-order chi connectivity index (χ1) is 15.8. The zero-order chi connectivity index (χ0) is 22.2. The van der Waals surface area contributed by atoms with Crippen molar-refractivity contribution in [1.29, 1.82) is 0 Å². The predicted molar refractivity (Wildman–Crippen MR) is 126 cm³/mol. The summed E-state index contributed by atoms with van der Waals surface area (Å²) in [5.74, 6) is 3.36. The minimum Gasteiger partial charge on any atom is -0.497 e. The van der Waals surface area contributed by atoms with Crippen LogP contribution in [0.1, 0.15) is 5.82 Å². The molecule has 0 amide bonds. The highest BCUT2D eigenvalue weighted by Gasteiger charge is 2.18. The lowest BCUT2D eigenvalue weighted by Gasteiger charge is -2.26. The van der Waals surface area contributed by atoms with Crippen LogP contribution in [0.4, 0.5) is 5.69 Å². The van der Waals surface area contributed by atoms with Crippen LogP contribution in [0.25, 0.3) is 5.69 Å². The molecule has 0 bridgehead atoms. The first-order valence-corrected chi connectivity index (χ1v) is 11.7. The van der Waals surface area contributed by atoms with Gasteiger partial charge in [-0.2, -0.15) is 0 Å². The number of hydrogen-bond donors (Lipinski definition) is 1. The summed E-state index contributed by atoms with van der Waals surface area (Å²) in [6.07, 6.45) is 0. The Balaban J connectivity index is 1.52. The Bertz CT molecular complexity index is 990. The molecule has 1 aromatic heterocycles. The van der Waals surface area contributed by atoms with E-state index >= 15 is 0 Å². The second kappa shape index (κ2) is 11.2. The predicted octanol–water partition coefficient (Wildman–Crippen LogP) is 3.32. The molecule has 1 fully saturated rings. The molecule has 0 unspecified atom stereocenters. The van der Waals surface area contributed by atoms with E-state index in [1.54, 1.807) is 26.0 Å². The Hall–Kier alpha value is -2.75. The Morgan fingerprint density at radius 1 is 1.00 bits per heavy atom. The number of nitrogens with one attached hydrogen (secondary N) is 1. The van der Waals surface area contributed by atoms with E-state index in [-0.39, 0.29) is 0 Å². The SMILES string of the molecule is COc1ccc(NCc2nnc(SCCN3CCOCC3)n2-c2ccccc2OC)cc1. The van der Waals surface area contributed by atoms with Gasteiger partial charge in [0.1, 0.15) is 11.5 Å². The minimum absolute atomic E-state index is 0.529. The van der Waals surface area contributed by atoms with Gasteiger partial charge in [-0.05, 0) is 36.4 Å². The molecule has 170 valence electrons. The van der Waals surface area contributed by atoms with Crippen LogP contribution in [0.3, 0.4) is 0 Å². The lowest BCUT2D eigenvalue weighted by Crippen LogP contribution is -2.37. The van der Waals surface area contributed by atoms with Gasteiger partial charge >= 0.3 is 0 Å². The lowest BCUT2D eigenvalue weighted by molar-refractivity contribution is 0.0410. The molecule has 1 aliphatic rings. The van der Waals surface area contributed by atoms with Gasteiger partial charge in [-0.3, -0.25) is 9.47 Å². The summed E-state index contributed by atoms with van der Waals surface area (Å²) < 4.78 is 18.4. The minimum atomic E-state index is 0.529. The van der Waals surface area contributed by atoms with Gasteiger partial charge in [0.15, 0.2) is 11.0 Å². The maximum Gasteiger partial charge on any atom is 0.196 e. The van der Waals surface area contributed by atoms with Crippen LogP contribution in [0, 0.1) is 0 Å². The van der Waals surface area contributed by atoms with Crippen LogP contribution in [0.15, 0.2) is 53.7 Å². The Kier molecular flexibility index (Phi) is 7.87. The number of rotatable bonds is 10. The Morgan fingerprint density at radius 2 is 1.78 bits per heavy atom. The first kappa shape index (κ1) is 22.4. The number of benzene rings is 2. The van der Waals surface area contributed by atoms with Gasteiger partial charge in [0.2, 0.25) is 0 Å². The van der Waals surface area contributed by atoms with Gasteiger partial charge in [-0.15, -0.1) is 10.2 Å². The summed E-state index contributed by atoms with van der Waals surface area (Å²) in [7, 11) is 3.35. The van der Waals surface area contributed by atoms with Crippen LogP contribution < -0.4 is 14.8 Å². The molecular formula is C23H29N5O3S. The molecule has 1 aliphatic heterocycles. The number of morpholine rings is 1. The molecule has 1 saturated heterocycles. The first-order valence-electron chi connectivity index (χ1n) is 10.7. The molecule has 0 saturated carbocycles. The van der Waals surface area contributed by atoms with Crippen molar-refractivity contribution in [3.63, 3.8) is 0 Å². The van der Waals surface area contributed by atoms with Crippen molar-refractivity contribution < 1.29 is 14.2 Å². The number of nitrogens with zero attached hydrogens (tertiary/aromatic N) is 4. The molecular weight excluding hydrogens is 426 g/mol. The van der Waals surface area contributed by atoms with Crippen molar-refractivity contribution in [2.45, 2.75) is 11.7 Å². The molecule has 3 aromatic rings. The molecule has 2 aromatic carbocycles. The van der Waals surface area contributed by atoms with E-state index in [1.807, 2.05) is 48.5 Å². The average molecular weight is 456 g/mol. The Morgan fingerprint density at radius 3 is 2.53 bits per heavy atom. The number of methoxy groups -OCH3 is 2. The van der Waals surface area contributed by atoms with Gasteiger partial charge < -0.3 is 19.5 Å². The smallest absolute Gasteiger partial charge is 0.196 e. The van der Waals surface area contributed by atoms with Crippen LogP contribution in [-0.4, -0.2) is 72.5 Å². The third-order valence-corrected chi connectivity index (χ3v) is 6.22. The van der Waals surface area contributed by atoms with E-state index in [0.717, 1.165) is 72.5 Å². The fraction of sp³-hybridized carbons (Fsp3) is 0.391. The molecule has 1 N–H and O–H groups in total.